The number of rotatable bonds is 5. The lowest BCUT2D eigenvalue weighted by Gasteiger charge is -2.15. The predicted molar refractivity (Wildman–Crippen MR) is 79.1 cm³/mol. The standard InChI is InChI=1S/C15H21NO3S/c1-10-8-12(11(2)20-10)4-3-5-14(17)16-7-6-13(9-16)15(18)19/h8,13H,3-7,9H2,1-2H3,(H,18,19)/t13-/m1/s1. The largest absolute Gasteiger partial charge is 0.481 e. The molecule has 2 rings (SSSR count). The Morgan fingerprint density at radius 2 is 2.20 bits per heavy atom. The molecule has 1 amide bonds. The van der Waals surface area contributed by atoms with Crippen LogP contribution in [0.25, 0.3) is 0 Å². The lowest BCUT2D eigenvalue weighted by Crippen LogP contribution is -2.29. The normalized spacial score (nSPS) is 18.5. The van der Waals surface area contributed by atoms with Crippen molar-refractivity contribution in [3.8, 4) is 0 Å². The summed E-state index contributed by atoms with van der Waals surface area (Å²) >= 11 is 1.80. The Bertz CT molecular complexity index is 509. The summed E-state index contributed by atoms with van der Waals surface area (Å²) in [5.41, 5.74) is 1.34. The Morgan fingerprint density at radius 1 is 1.45 bits per heavy atom. The summed E-state index contributed by atoms with van der Waals surface area (Å²) in [5.74, 6) is -1.07. The van der Waals surface area contributed by atoms with Gasteiger partial charge in [0.2, 0.25) is 5.91 Å². The molecule has 0 aromatic carbocycles. The number of aliphatic carboxylic acids is 1. The van der Waals surface area contributed by atoms with Gasteiger partial charge in [0.1, 0.15) is 0 Å². The van der Waals surface area contributed by atoms with Crippen molar-refractivity contribution in [2.45, 2.75) is 39.5 Å². The van der Waals surface area contributed by atoms with Gasteiger partial charge in [-0.2, -0.15) is 0 Å². The first-order valence-corrected chi connectivity index (χ1v) is 7.85. The fraction of sp³-hybridized carbons (Fsp3) is 0.600. The number of thiophene rings is 1. The van der Waals surface area contributed by atoms with Crippen LogP contribution < -0.4 is 0 Å². The van der Waals surface area contributed by atoms with Crippen LogP contribution in [0.15, 0.2) is 6.07 Å². The van der Waals surface area contributed by atoms with Crippen LogP contribution in [0, 0.1) is 19.8 Å². The fourth-order valence-corrected chi connectivity index (χ4v) is 3.68. The molecule has 5 heteroatoms. The molecular formula is C15H21NO3S. The SMILES string of the molecule is Cc1cc(CCCC(=O)N2CC[C@@H](C(=O)O)C2)c(C)s1. The van der Waals surface area contributed by atoms with Crippen molar-refractivity contribution in [2.75, 3.05) is 13.1 Å². The Kier molecular flexibility index (Phi) is 4.81. The van der Waals surface area contributed by atoms with Crippen LogP contribution in [0.2, 0.25) is 0 Å². The zero-order valence-corrected chi connectivity index (χ0v) is 12.8. The summed E-state index contributed by atoms with van der Waals surface area (Å²) in [4.78, 5) is 27.2. The molecule has 1 aliphatic heterocycles. The van der Waals surface area contributed by atoms with Gasteiger partial charge in [-0.1, -0.05) is 0 Å². The van der Waals surface area contributed by atoms with Crippen LogP contribution in [-0.2, 0) is 16.0 Å². The molecule has 0 spiro atoms. The van der Waals surface area contributed by atoms with E-state index in [1.807, 2.05) is 0 Å². The highest BCUT2D eigenvalue weighted by molar-refractivity contribution is 7.12. The number of nitrogens with zero attached hydrogens (tertiary/aromatic N) is 1. The third-order valence-corrected chi connectivity index (χ3v) is 4.88. The Balaban J connectivity index is 1.76. The van der Waals surface area contributed by atoms with Gasteiger partial charge in [0, 0.05) is 29.3 Å². The number of carboxylic acids is 1. The van der Waals surface area contributed by atoms with E-state index in [4.69, 9.17) is 5.11 Å². The van der Waals surface area contributed by atoms with Gasteiger partial charge in [-0.15, -0.1) is 11.3 Å². The minimum atomic E-state index is -0.787. The van der Waals surface area contributed by atoms with E-state index in [-0.39, 0.29) is 11.8 Å². The second-order valence-corrected chi connectivity index (χ2v) is 6.92. The molecule has 0 radical (unpaired) electrons. The van der Waals surface area contributed by atoms with Crippen LogP contribution in [0.3, 0.4) is 0 Å². The minimum absolute atomic E-state index is 0.0957. The molecule has 1 aromatic heterocycles. The molecule has 4 nitrogen and oxygen atoms in total. The third-order valence-electron chi connectivity index (χ3n) is 3.87. The number of amides is 1. The molecule has 1 saturated heterocycles. The number of aryl methyl sites for hydroxylation is 3. The average Bonchev–Trinajstić information content (AvgIpc) is 2.97. The summed E-state index contributed by atoms with van der Waals surface area (Å²) in [6, 6.07) is 2.20. The lowest BCUT2D eigenvalue weighted by atomic mass is 10.1. The first-order valence-electron chi connectivity index (χ1n) is 7.04. The van der Waals surface area contributed by atoms with Crippen LogP contribution >= 0.6 is 11.3 Å². The Hall–Kier alpha value is -1.36. The zero-order valence-electron chi connectivity index (χ0n) is 12.0. The van der Waals surface area contributed by atoms with Gasteiger partial charge in [0.15, 0.2) is 0 Å². The number of carboxylic acid groups (broad SMARTS) is 1. The van der Waals surface area contributed by atoms with Crippen molar-refractivity contribution in [3.63, 3.8) is 0 Å². The molecule has 1 fully saturated rings. The van der Waals surface area contributed by atoms with Crippen LogP contribution in [0.5, 0.6) is 0 Å². The van der Waals surface area contributed by atoms with Crippen molar-refractivity contribution in [3.05, 3.63) is 21.4 Å². The summed E-state index contributed by atoms with van der Waals surface area (Å²) in [6.07, 6.45) is 2.87. The van der Waals surface area contributed by atoms with E-state index in [0.717, 1.165) is 12.8 Å². The summed E-state index contributed by atoms with van der Waals surface area (Å²) in [5, 5.41) is 8.93. The van der Waals surface area contributed by atoms with Crippen LogP contribution in [0.1, 0.15) is 34.6 Å². The van der Waals surface area contributed by atoms with E-state index in [9.17, 15) is 9.59 Å². The predicted octanol–water partition coefficient (Wildman–Crippen LogP) is 2.62. The lowest BCUT2D eigenvalue weighted by molar-refractivity contribution is -0.141. The van der Waals surface area contributed by atoms with Gasteiger partial charge >= 0.3 is 5.97 Å². The first-order chi connectivity index (χ1) is 9.47. The maximum Gasteiger partial charge on any atom is 0.308 e. The zero-order chi connectivity index (χ0) is 14.7. The van der Waals surface area contributed by atoms with E-state index in [1.165, 1.54) is 15.3 Å². The van der Waals surface area contributed by atoms with Gasteiger partial charge in [0.25, 0.3) is 0 Å². The molecule has 1 N–H and O–H groups in total. The molecule has 110 valence electrons. The van der Waals surface area contributed by atoms with Crippen molar-refractivity contribution in [1.82, 2.24) is 4.90 Å². The summed E-state index contributed by atoms with van der Waals surface area (Å²) < 4.78 is 0. The summed E-state index contributed by atoms with van der Waals surface area (Å²) in [7, 11) is 0. The van der Waals surface area contributed by atoms with Crippen molar-refractivity contribution < 1.29 is 14.7 Å². The summed E-state index contributed by atoms with van der Waals surface area (Å²) in [6.45, 7) is 5.19. The molecule has 20 heavy (non-hydrogen) atoms. The molecule has 1 aromatic rings. The molecule has 0 unspecified atom stereocenters. The van der Waals surface area contributed by atoms with Crippen molar-refractivity contribution >= 4 is 23.2 Å². The highest BCUT2D eigenvalue weighted by Gasteiger charge is 2.30. The van der Waals surface area contributed by atoms with Gasteiger partial charge in [0.05, 0.1) is 5.92 Å². The smallest absolute Gasteiger partial charge is 0.308 e. The number of carbonyl (C=O) groups is 2. The Morgan fingerprint density at radius 3 is 2.75 bits per heavy atom. The van der Waals surface area contributed by atoms with Crippen LogP contribution in [-0.4, -0.2) is 35.0 Å². The number of hydrogen-bond acceptors (Lipinski definition) is 3. The Labute approximate surface area is 123 Å². The monoisotopic (exact) mass is 295 g/mol. The highest BCUT2D eigenvalue weighted by atomic mass is 32.1. The second kappa shape index (κ2) is 6.39. The molecule has 0 saturated carbocycles. The fourth-order valence-electron chi connectivity index (χ4n) is 2.71. The van der Waals surface area contributed by atoms with Gasteiger partial charge in [-0.25, -0.2) is 0 Å². The van der Waals surface area contributed by atoms with Gasteiger partial charge < -0.3 is 10.0 Å². The van der Waals surface area contributed by atoms with Gasteiger partial charge in [-0.3, -0.25) is 9.59 Å². The topological polar surface area (TPSA) is 57.6 Å². The van der Waals surface area contributed by atoms with E-state index < -0.39 is 5.97 Å². The van der Waals surface area contributed by atoms with Crippen LogP contribution in [0.4, 0.5) is 0 Å². The molecule has 0 bridgehead atoms. The van der Waals surface area contributed by atoms with Crippen molar-refractivity contribution in [1.29, 1.82) is 0 Å². The molecule has 1 atom stereocenters. The maximum atomic E-state index is 12.0. The first kappa shape index (κ1) is 15.0. The third kappa shape index (κ3) is 3.60. The molecule has 1 aliphatic rings. The maximum absolute atomic E-state index is 12.0. The highest BCUT2D eigenvalue weighted by Crippen LogP contribution is 2.23. The number of likely N-dealkylation sites (tertiary alicyclic amines) is 1. The molecular weight excluding hydrogens is 274 g/mol. The van der Waals surface area contributed by atoms with E-state index in [0.29, 0.717) is 25.9 Å². The quantitative estimate of drug-likeness (QED) is 0.908. The molecule has 0 aliphatic carbocycles. The van der Waals surface area contributed by atoms with E-state index in [1.54, 1.807) is 16.2 Å². The number of hydrogen-bond donors (Lipinski definition) is 1. The average molecular weight is 295 g/mol. The molecule has 2 heterocycles. The second-order valence-electron chi connectivity index (χ2n) is 5.46. The van der Waals surface area contributed by atoms with E-state index in [2.05, 4.69) is 19.9 Å². The number of carbonyl (C=O) groups excluding carboxylic acids is 1. The minimum Gasteiger partial charge on any atom is -0.481 e. The van der Waals surface area contributed by atoms with Gasteiger partial charge in [-0.05, 0) is 44.7 Å². The van der Waals surface area contributed by atoms with E-state index >= 15 is 0 Å². The van der Waals surface area contributed by atoms with Crippen molar-refractivity contribution in [2.24, 2.45) is 5.92 Å².